The monoisotopic (exact) mass is 501 g/mol. The molecule has 7 rings (SSSR count). The van der Waals surface area contributed by atoms with Crippen LogP contribution in [0.15, 0.2) is 84.6 Å². The number of aromatic amines is 1. The molecule has 38 heavy (non-hydrogen) atoms. The summed E-state index contributed by atoms with van der Waals surface area (Å²) in [6.07, 6.45) is 11.4. The number of hydrogen-bond acceptors (Lipinski definition) is 7. The lowest BCUT2D eigenvalue weighted by Gasteiger charge is -2.24. The van der Waals surface area contributed by atoms with Crippen LogP contribution in [-0.4, -0.2) is 44.8 Å². The molecule has 0 atom stereocenters. The van der Waals surface area contributed by atoms with Crippen LogP contribution in [0, 0.1) is 0 Å². The molecular formula is C30H27N7O. The minimum atomic E-state index is 0.232. The van der Waals surface area contributed by atoms with E-state index in [0.29, 0.717) is 6.54 Å². The smallest absolute Gasteiger partial charge is 0.138 e. The first-order valence-electron chi connectivity index (χ1n) is 13.0. The number of pyridine rings is 3. The summed E-state index contributed by atoms with van der Waals surface area (Å²) >= 11 is 0. The molecule has 0 spiro atoms. The molecule has 1 aromatic carbocycles. The molecule has 1 fully saturated rings. The van der Waals surface area contributed by atoms with Crippen molar-refractivity contribution in [1.29, 1.82) is 0 Å². The van der Waals surface area contributed by atoms with Gasteiger partial charge in [-0.25, -0.2) is 0 Å². The van der Waals surface area contributed by atoms with Crippen molar-refractivity contribution in [1.82, 2.24) is 30.7 Å². The van der Waals surface area contributed by atoms with E-state index >= 15 is 0 Å². The van der Waals surface area contributed by atoms with Crippen molar-refractivity contribution in [2.75, 3.05) is 13.1 Å². The first-order valence-corrected chi connectivity index (χ1v) is 13.0. The van der Waals surface area contributed by atoms with Gasteiger partial charge in [0.2, 0.25) is 0 Å². The third-order valence-corrected chi connectivity index (χ3v) is 7.22. The van der Waals surface area contributed by atoms with Crippen LogP contribution in [0.25, 0.3) is 33.3 Å². The minimum absolute atomic E-state index is 0.232. The van der Waals surface area contributed by atoms with E-state index in [0.717, 1.165) is 81.9 Å². The van der Waals surface area contributed by atoms with Crippen LogP contribution in [0.4, 0.5) is 0 Å². The van der Waals surface area contributed by atoms with Gasteiger partial charge in [-0.3, -0.25) is 15.0 Å². The third-order valence-electron chi connectivity index (χ3n) is 7.22. The maximum absolute atomic E-state index is 6.25. The standard InChI is InChI=1S/C30H27N7O/c1-2-21-17-35-37-30(28-15-26-27(36-28)7-12-34-29(26)19-3-8-31-9-4-19)25(21)14-20(1)22-13-24(18-33-16-22)38-23-5-10-32-11-6-23/h1-4,7-9,12-16,18,23,32,35-36H,5-6,10-11,17H2. The lowest BCUT2D eigenvalue weighted by molar-refractivity contribution is 0.162. The van der Waals surface area contributed by atoms with Gasteiger partial charge in [-0.2, -0.15) is 5.10 Å². The van der Waals surface area contributed by atoms with E-state index in [-0.39, 0.29) is 6.10 Å². The Balaban J connectivity index is 1.24. The summed E-state index contributed by atoms with van der Waals surface area (Å²) in [5, 5.41) is 9.16. The normalized spacial score (nSPS) is 15.5. The molecule has 3 N–H and O–H groups in total. The van der Waals surface area contributed by atoms with Gasteiger partial charge in [0.15, 0.2) is 0 Å². The highest BCUT2D eigenvalue weighted by molar-refractivity contribution is 6.16. The Kier molecular flexibility index (Phi) is 5.79. The Morgan fingerprint density at radius 3 is 2.61 bits per heavy atom. The van der Waals surface area contributed by atoms with E-state index < -0.39 is 0 Å². The van der Waals surface area contributed by atoms with Crippen molar-refractivity contribution in [3.63, 3.8) is 0 Å². The summed E-state index contributed by atoms with van der Waals surface area (Å²) in [6, 6.07) is 16.7. The predicted molar refractivity (Wildman–Crippen MR) is 148 cm³/mol. The second-order valence-corrected chi connectivity index (χ2v) is 9.68. The van der Waals surface area contributed by atoms with Crippen molar-refractivity contribution < 1.29 is 4.74 Å². The van der Waals surface area contributed by atoms with Crippen LogP contribution in [0.1, 0.15) is 29.7 Å². The SMILES string of the molecule is c1cc(-c2nccc3[nH]c(C4=NNCc5ccc(-c6cncc(OC7CCNCC7)c6)cc54)cc23)ccn1. The summed E-state index contributed by atoms with van der Waals surface area (Å²) in [6.45, 7) is 2.67. The molecule has 6 heterocycles. The molecule has 0 bridgehead atoms. The molecule has 0 saturated carbocycles. The van der Waals surface area contributed by atoms with Gasteiger partial charge in [0.25, 0.3) is 0 Å². The largest absolute Gasteiger partial charge is 0.489 e. The first-order chi connectivity index (χ1) is 18.8. The molecule has 5 aromatic rings. The van der Waals surface area contributed by atoms with Crippen molar-refractivity contribution >= 4 is 16.6 Å². The number of ether oxygens (including phenoxy) is 1. The fourth-order valence-electron chi connectivity index (χ4n) is 5.27. The zero-order valence-corrected chi connectivity index (χ0v) is 20.8. The number of benzene rings is 1. The zero-order valence-electron chi connectivity index (χ0n) is 20.8. The Bertz CT molecular complexity index is 1640. The molecule has 1 saturated heterocycles. The van der Waals surface area contributed by atoms with Gasteiger partial charge in [-0.15, -0.1) is 0 Å². The average molecular weight is 502 g/mol. The number of fused-ring (bicyclic) bond motifs is 2. The number of rotatable bonds is 5. The lowest BCUT2D eigenvalue weighted by Crippen LogP contribution is -2.34. The highest BCUT2D eigenvalue weighted by Gasteiger charge is 2.21. The number of hydrogen-bond donors (Lipinski definition) is 3. The van der Waals surface area contributed by atoms with Crippen molar-refractivity contribution in [3.05, 3.63) is 96.3 Å². The molecule has 8 heteroatoms. The molecule has 2 aliphatic rings. The minimum Gasteiger partial charge on any atom is -0.489 e. The summed E-state index contributed by atoms with van der Waals surface area (Å²) in [5.41, 5.74) is 12.4. The number of aromatic nitrogens is 4. The number of nitrogens with zero attached hydrogens (tertiary/aromatic N) is 4. The van der Waals surface area contributed by atoms with Gasteiger partial charge < -0.3 is 20.5 Å². The van der Waals surface area contributed by atoms with E-state index in [4.69, 9.17) is 9.84 Å². The molecule has 0 unspecified atom stereocenters. The molecule has 4 aromatic heterocycles. The van der Waals surface area contributed by atoms with Crippen molar-refractivity contribution in [2.24, 2.45) is 5.10 Å². The highest BCUT2D eigenvalue weighted by atomic mass is 16.5. The van der Waals surface area contributed by atoms with E-state index in [9.17, 15) is 0 Å². The zero-order chi connectivity index (χ0) is 25.3. The van der Waals surface area contributed by atoms with Crippen LogP contribution in [0.5, 0.6) is 5.75 Å². The van der Waals surface area contributed by atoms with Gasteiger partial charge in [-0.05, 0) is 73.5 Å². The molecule has 188 valence electrons. The predicted octanol–water partition coefficient (Wildman–Crippen LogP) is 4.67. The van der Waals surface area contributed by atoms with Crippen LogP contribution in [0.3, 0.4) is 0 Å². The van der Waals surface area contributed by atoms with Crippen LogP contribution < -0.4 is 15.5 Å². The Hall–Kier alpha value is -4.56. The van der Waals surface area contributed by atoms with Crippen LogP contribution >= 0.6 is 0 Å². The van der Waals surface area contributed by atoms with E-state index in [2.05, 4.69) is 61.0 Å². The fraction of sp³-hybridized carbons (Fsp3) is 0.200. The first kappa shape index (κ1) is 22.6. The molecule has 0 radical (unpaired) electrons. The van der Waals surface area contributed by atoms with Crippen molar-refractivity contribution in [2.45, 2.75) is 25.5 Å². The average Bonchev–Trinajstić information content (AvgIpc) is 3.42. The molecule has 8 nitrogen and oxygen atoms in total. The molecule has 2 aliphatic heterocycles. The quantitative estimate of drug-likeness (QED) is 0.324. The number of hydrazone groups is 1. The van der Waals surface area contributed by atoms with E-state index in [1.54, 1.807) is 18.6 Å². The Morgan fingerprint density at radius 2 is 1.71 bits per heavy atom. The topological polar surface area (TPSA) is 100 Å². The summed E-state index contributed by atoms with van der Waals surface area (Å²) < 4.78 is 6.25. The van der Waals surface area contributed by atoms with Crippen LogP contribution in [-0.2, 0) is 6.54 Å². The summed E-state index contributed by atoms with van der Waals surface area (Å²) in [5.74, 6) is 0.814. The van der Waals surface area contributed by atoms with Crippen molar-refractivity contribution in [3.8, 4) is 28.1 Å². The summed E-state index contributed by atoms with van der Waals surface area (Å²) in [7, 11) is 0. The van der Waals surface area contributed by atoms with E-state index in [1.807, 2.05) is 30.6 Å². The number of piperidine rings is 1. The second kappa shape index (κ2) is 9.72. The van der Waals surface area contributed by atoms with Gasteiger partial charge in [0.05, 0.1) is 24.1 Å². The Labute approximate surface area is 220 Å². The number of H-pyrrole nitrogens is 1. The highest BCUT2D eigenvalue weighted by Crippen LogP contribution is 2.31. The third kappa shape index (κ3) is 4.29. The fourth-order valence-corrected chi connectivity index (χ4v) is 5.27. The Morgan fingerprint density at radius 1 is 0.816 bits per heavy atom. The maximum Gasteiger partial charge on any atom is 0.138 e. The summed E-state index contributed by atoms with van der Waals surface area (Å²) in [4.78, 5) is 16.9. The second-order valence-electron chi connectivity index (χ2n) is 9.68. The van der Waals surface area contributed by atoms with Gasteiger partial charge in [-0.1, -0.05) is 12.1 Å². The molecular weight excluding hydrogens is 474 g/mol. The van der Waals surface area contributed by atoms with Gasteiger partial charge >= 0.3 is 0 Å². The maximum atomic E-state index is 6.25. The van der Waals surface area contributed by atoms with Gasteiger partial charge in [0.1, 0.15) is 17.6 Å². The lowest BCUT2D eigenvalue weighted by atomic mass is 9.94. The molecule has 0 amide bonds. The van der Waals surface area contributed by atoms with Gasteiger partial charge in [0, 0.05) is 52.4 Å². The number of nitrogens with one attached hydrogen (secondary N) is 3. The van der Waals surface area contributed by atoms with Crippen LogP contribution in [0.2, 0.25) is 0 Å². The van der Waals surface area contributed by atoms with E-state index in [1.165, 1.54) is 5.56 Å². The molecule has 0 aliphatic carbocycles.